The fourth-order valence-electron chi connectivity index (χ4n) is 5.04. The molecule has 1 atom stereocenters. The molecule has 0 radical (unpaired) electrons. The monoisotopic (exact) mass is 499 g/mol. The summed E-state index contributed by atoms with van der Waals surface area (Å²) in [5.41, 5.74) is 0.816. The van der Waals surface area contributed by atoms with Crippen LogP contribution in [0.5, 0.6) is 0 Å². The molecule has 0 spiro atoms. The second-order valence-corrected chi connectivity index (χ2v) is 11.5. The molecule has 1 aliphatic carbocycles. The van der Waals surface area contributed by atoms with Gasteiger partial charge in [-0.1, -0.05) is 6.07 Å². The number of hydrogen-bond donors (Lipinski definition) is 2. The summed E-state index contributed by atoms with van der Waals surface area (Å²) in [6, 6.07) is 4.82. The molecule has 0 amide bonds. The minimum atomic E-state index is -4.26. The van der Waals surface area contributed by atoms with E-state index in [1.165, 1.54) is 18.5 Å². The first kappa shape index (κ1) is 25.1. The van der Waals surface area contributed by atoms with Crippen LogP contribution in [0.25, 0.3) is 10.9 Å². The van der Waals surface area contributed by atoms with Crippen LogP contribution in [0.2, 0.25) is 0 Å². The van der Waals surface area contributed by atoms with E-state index in [0.717, 1.165) is 51.7 Å². The van der Waals surface area contributed by atoms with E-state index in [0.29, 0.717) is 22.6 Å². The van der Waals surface area contributed by atoms with Crippen LogP contribution in [-0.2, 0) is 16.4 Å². The van der Waals surface area contributed by atoms with Crippen molar-refractivity contribution in [3.05, 3.63) is 30.1 Å². The first-order chi connectivity index (χ1) is 16.1. The second-order valence-electron chi connectivity index (χ2n) is 9.49. The van der Waals surface area contributed by atoms with E-state index in [1.54, 1.807) is 13.0 Å². The molecule has 34 heavy (non-hydrogen) atoms. The van der Waals surface area contributed by atoms with Crippen LogP contribution in [-0.4, -0.2) is 66.9 Å². The first-order valence-electron chi connectivity index (χ1n) is 11.9. The van der Waals surface area contributed by atoms with Crippen LogP contribution < -0.4 is 10.0 Å². The Labute approximate surface area is 198 Å². The number of hydrogen-bond acceptors (Lipinski definition) is 6. The molecular formula is C23H32F3N5O2S. The number of aromatic nitrogens is 2. The average Bonchev–Trinajstić information content (AvgIpc) is 3.21. The van der Waals surface area contributed by atoms with E-state index in [4.69, 9.17) is 0 Å². The average molecular weight is 500 g/mol. The molecule has 2 heterocycles. The number of fused-ring (bicyclic) bond motifs is 1. The van der Waals surface area contributed by atoms with Gasteiger partial charge in [0.2, 0.25) is 10.0 Å². The van der Waals surface area contributed by atoms with Crippen molar-refractivity contribution in [1.82, 2.24) is 19.6 Å². The Morgan fingerprint density at radius 1 is 1.09 bits per heavy atom. The Bertz CT molecular complexity index is 1090. The highest BCUT2D eigenvalue weighted by Gasteiger charge is 2.30. The molecule has 2 aromatic rings. The molecule has 7 nitrogen and oxygen atoms in total. The van der Waals surface area contributed by atoms with Crippen molar-refractivity contribution in [2.45, 2.75) is 63.7 Å². The summed E-state index contributed by atoms with van der Waals surface area (Å²) in [6.45, 7) is 4.42. The first-order valence-corrected chi connectivity index (χ1v) is 13.5. The van der Waals surface area contributed by atoms with Crippen LogP contribution in [0.4, 0.5) is 19.0 Å². The van der Waals surface area contributed by atoms with Crippen molar-refractivity contribution < 1.29 is 21.6 Å². The number of likely N-dealkylation sites (tertiary alicyclic amines) is 1. The Morgan fingerprint density at radius 2 is 1.85 bits per heavy atom. The predicted molar refractivity (Wildman–Crippen MR) is 126 cm³/mol. The minimum absolute atomic E-state index is 0.0440. The molecule has 1 unspecified atom stereocenters. The highest BCUT2D eigenvalue weighted by atomic mass is 32.2. The number of rotatable bonds is 8. The molecule has 2 N–H and O–H groups in total. The number of sulfonamides is 1. The van der Waals surface area contributed by atoms with Crippen molar-refractivity contribution in [1.29, 1.82) is 0 Å². The van der Waals surface area contributed by atoms with Gasteiger partial charge in [-0.05, 0) is 62.6 Å². The summed E-state index contributed by atoms with van der Waals surface area (Å²) >= 11 is 0. The standard InChI is InChI=1S/C23H32F3N5O2S/c1-2-34(32,33)30-18-6-3-16(4-7-18)13-31-10-9-19(14-31)29-22-20-11-17(12-23(24,25)26)5-8-21(20)27-15-28-22/h5,8,11,15-16,18-19,30H,2-4,6-7,9-10,12-14H2,1H3,(H,27,28,29). The van der Waals surface area contributed by atoms with Crippen LogP contribution in [0.3, 0.4) is 0 Å². The molecule has 4 rings (SSSR count). The third-order valence-electron chi connectivity index (χ3n) is 6.81. The molecule has 0 bridgehead atoms. The van der Waals surface area contributed by atoms with E-state index >= 15 is 0 Å². The fourth-order valence-corrected chi connectivity index (χ4v) is 5.95. The number of nitrogens with one attached hydrogen (secondary N) is 2. The van der Waals surface area contributed by atoms with Crippen LogP contribution in [0, 0.1) is 5.92 Å². The Hall–Kier alpha value is -1.98. The second kappa shape index (κ2) is 10.3. The maximum atomic E-state index is 12.8. The van der Waals surface area contributed by atoms with Crippen molar-refractivity contribution >= 4 is 26.7 Å². The Kier molecular flexibility index (Phi) is 7.63. The van der Waals surface area contributed by atoms with Crippen molar-refractivity contribution in [2.24, 2.45) is 5.92 Å². The van der Waals surface area contributed by atoms with Crippen LogP contribution in [0.15, 0.2) is 24.5 Å². The maximum Gasteiger partial charge on any atom is 0.393 e. The van der Waals surface area contributed by atoms with Crippen molar-refractivity contribution in [3.63, 3.8) is 0 Å². The smallest absolute Gasteiger partial charge is 0.365 e. The third-order valence-corrected chi connectivity index (χ3v) is 8.26. The zero-order valence-electron chi connectivity index (χ0n) is 19.3. The van der Waals surface area contributed by atoms with E-state index in [2.05, 4.69) is 24.9 Å². The molecule has 1 saturated carbocycles. The maximum absolute atomic E-state index is 12.8. The predicted octanol–water partition coefficient (Wildman–Crippen LogP) is 3.72. The summed E-state index contributed by atoms with van der Waals surface area (Å²) in [6.07, 6.45) is 0.873. The number of nitrogens with zero attached hydrogens (tertiary/aromatic N) is 3. The molecule has 2 aliphatic rings. The van der Waals surface area contributed by atoms with E-state index in [-0.39, 0.29) is 23.4 Å². The highest BCUT2D eigenvalue weighted by Crippen LogP contribution is 2.29. The van der Waals surface area contributed by atoms with Gasteiger partial charge in [-0.2, -0.15) is 13.2 Å². The van der Waals surface area contributed by atoms with Crippen LogP contribution >= 0.6 is 0 Å². The molecule has 188 valence electrons. The largest absolute Gasteiger partial charge is 0.393 e. The SMILES string of the molecule is CCS(=O)(=O)NC1CCC(CN2CCC(Nc3ncnc4ccc(CC(F)(F)F)cc34)C2)CC1. The molecule has 1 saturated heterocycles. The van der Waals surface area contributed by atoms with E-state index in [1.807, 2.05) is 0 Å². The highest BCUT2D eigenvalue weighted by molar-refractivity contribution is 7.89. The third kappa shape index (κ3) is 6.79. The lowest BCUT2D eigenvalue weighted by atomic mass is 9.86. The normalized spacial score (nSPS) is 24.5. The van der Waals surface area contributed by atoms with Crippen molar-refractivity contribution in [2.75, 3.05) is 30.7 Å². The van der Waals surface area contributed by atoms with Gasteiger partial charge < -0.3 is 10.2 Å². The zero-order valence-corrected chi connectivity index (χ0v) is 20.1. The summed E-state index contributed by atoms with van der Waals surface area (Å²) in [5, 5.41) is 4.04. The summed E-state index contributed by atoms with van der Waals surface area (Å²) in [5.74, 6) is 1.23. The van der Waals surface area contributed by atoms with E-state index < -0.39 is 22.6 Å². The summed E-state index contributed by atoms with van der Waals surface area (Å²) < 4.78 is 64.9. The lowest BCUT2D eigenvalue weighted by molar-refractivity contribution is -0.127. The molecular weight excluding hydrogens is 467 g/mol. The van der Waals surface area contributed by atoms with Gasteiger partial charge in [0.25, 0.3) is 0 Å². The van der Waals surface area contributed by atoms with Crippen molar-refractivity contribution in [3.8, 4) is 0 Å². The van der Waals surface area contributed by atoms with Gasteiger partial charge in [0.05, 0.1) is 17.7 Å². The number of benzene rings is 1. The molecule has 1 aromatic carbocycles. The molecule has 1 aromatic heterocycles. The number of anilines is 1. The number of halogens is 3. The fraction of sp³-hybridized carbons (Fsp3) is 0.652. The lowest BCUT2D eigenvalue weighted by Crippen LogP contribution is -2.40. The Balaban J connectivity index is 1.31. The minimum Gasteiger partial charge on any atom is -0.365 e. The number of alkyl halides is 3. The van der Waals surface area contributed by atoms with Gasteiger partial charge in [-0.15, -0.1) is 0 Å². The van der Waals surface area contributed by atoms with Gasteiger partial charge in [0.15, 0.2) is 0 Å². The molecule has 1 aliphatic heterocycles. The van der Waals surface area contributed by atoms with Gasteiger partial charge in [0.1, 0.15) is 12.1 Å². The van der Waals surface area contributed by atoms with Gasteiger partial charge >= 0.3 is 6.18 Å². The van der Waals surface area contributed by atoms with Gasteiger partial charge in [-0.3, -0.25) is 0 Å². The summed E-state index contributed by atoms with van der Waals surface area (Å²) in [7, 11) is -3.16. The zero-order chi connectivity index (χ0) is 24.3. The van der Waals surface area contributed by atoms with Gasteiger partial charge in [-0.25, -0.2) is 23.1 Å². The van der Waals surface area contributed by atoms with Gasteiger partial charge in [0, 0.05) is 37.1 Å². The molecule has 11 heteroatoms. The summed E-state index contributed by atoms with van der Waals surface area (Å²) in [4.78, 5) is 10.9. The topological polar surface area (TPSA) is 87.2 Å². The Morgan fingerprint density at radius 3 is 2.56 bits per heavy atom. The molecule has 2 fully saturated rings. The lowest BCUT2D eigenvalue weighted by Gasteiger charge is -2.31. The quantitative estimate of drug-likeness (QED) is 0.576. The van der Waals surface area contributed by atoms with E-state index in [9.17, 15) is 21.6 Å². The van der Waals surface area contributed by atoms with Crippen LogP contribution in [0.1, 0.15) is 44.6 Å².